The van der Waals surface area contributed by atoms with Gasteiger partial charge in [-0.25, -0.2) is 8.42 Å². The van der Waals surface area contributed by atoms with Crippen molar-refractivity contribution in [2.75, 3.05) is 30.5 Å². The van der Waals surface area contributed by atoms with Crippen LogP contribution in [-0.2, 0) is 24.2 Å². The Morgan fingerprint density at radius 3 is 2.57 bits per heavy atom. The van der Waals surface area contributed by atoms with Gasteiger partial charge >= 0.3 is 5.97 Å². The number of sulfone groups is 1. The molecular formula is C15H21NO6S. The number of rotatable bonds is 9. The molecule has 128 valence electrons. The smallest absolute Gasteiger partial charge is 0.305 e. The average molecular weight is 343 g/mol. The molecule has 0 unspecified atom stereocenters. The lowest BCUT2D eigenvalue weighted by atomic mass is 10.3. The third kappa shape index (κ3) is 7.14. The average Bonchev–Trinajstić information content (AvgIpc) is 2.48. The van der Waals surface area contributed by atoms with Crippen molar-refractivity contribution in [2.45, 2.75) is 19.8 Å². The van der Waals surface area contributed by atoms with Crippen LogP contribution in [0.25, 0.3) is 0 Å². The lowest BCUT2D eigenvalue weighted by molar-refractivity contribution is -0.140. The Kier molecular flexibility index (Phi) is 7.53. The van der Waals surface area contributed by atoms with Crippen LogP contribution in [0.1, 0.15) is 19.8 Å². The molecule has 0 heterocycles. The first-order valence-corrected chi connectivity index (χ1v) is 8.99. The number of ether oxygens (including phenoxy) is 2. The zero-order valence-corrected chi connectivity index (χ0v) is 14.0. The first-order valence-electron chi connectivity index (χ1n) is 7.17. The number of esters is 1. The minimum absolute atomic E-state index is 0.00449. The van der Waals surface area contributed by atoms with E-state index in [1.165, 1.54) is 7.11 Å². The van der Waals surface area contributed by atoms with Crippen LogP contribution in [-0.4, -0.2) is 45.5 Å². The number of amides is 1. The first kappa shape index (κ1) is 19.0. The molecule has 0 atom stereocenters. The maximum absolute atomic E-state index is 11.9. The summed E-state index contributed by atoms with van der Waals surface area (Å²) in [7, 11) is -2.35. The number of anilines is 1. The molecule has 0 spiro atoms. The summed E-state index contributed by atoms with van der Waals surface area (Å²) in [6.07, 6.45) is 0.127. The van der Waals surface area contributed by atoms with Gasteiger partial charge in [0.2, 0.25) is 5.91 Å². The molecule has 8 heteroatoms. The van der Waals surface area contributed by atoms with Gasteiger partial charge in [0, 0.05) is 6.42 Å². The third-order valence-electron chi connectivity index (χ3n) is 2.88. The number of carbonyl (C=O) groups is 2. The predicted octanol–water partition coefficient (Wildman–Crippen LogP) is 1.39. The molecule has 0 aromatic heterocycles. The standard InChI is InChI=1S/C15H21NO6S/c1-3-22-13-8-5-4-7-12(13)16-14(17)11-23(19,20)10-6-9-15(18)21-2/h4-5,7-8H,3,6,9-11H2,1-2H3,(H,16,17). The molecule has 0 saturated heterocycles. The molecule has 7 nitrogen and oxygen atoms in total. The molecule has 1 aromatic rings. The highest BCUT2D eigenvalue weighted by atomic mass is 32.2. The quantitative estimate of drug-likeness (QED) is 0.680. The van der Waals surface area contributed by atoms with Crippen LogP contribution in [0.2, 0.25) is 0 Å². The Hall–Kier alpha value is -2.09. The second-order valence-corrected chi connectivity index (χ2v) is 6.93. The van der Waals surface area contributed by atoms with Crippen molar-refractivity contribution >= 4 is 27.4 Å². The molecule has 1 aromatic carbocycles. The van der Waals surface area contributed by atoms with E-state index in [1.807, 2.05) is 6.92 Å². The fraction of sp³-hybridized carbons (Fsp3) is 0.467. The number of methoxy groups -OCH3 is 1. The van der Waals surface area contributed by atoms with Gasteiger partial charge < -0.3 is 14.8 Å². The fourth-order valence-corrected chi connectivity index (χ4v) is 3.05. The number of para-hydroxylation sites is 2. The van der Waals surface area contributed by atoms with Gasteiger partial charge in [-0.2, -0.15) is 0 Å². The second kappa shape index (κ2) is 9.14. The summed E-state index contributed by atoms with van der Waals surface area (Å²) in [6.45, 7) is 2.24. The van der Waals surface area contributed by atoms with Gasteiger partial charge in [-0.15, -0.1) is 0 Å². The normalized spacial score (nSPS) is 10.9. The van der Waals surface area contributed by atoms with Crippen LogP contribution in [0.5, 0.6) is 5.75 Å². The van der Waals surface area contributed by atoms with E-state index in [-0.39, 0.29) is 18.6 Å². The third-order valence-corrected chi connectivity index (χ3v) is 4.49. The molecule has 23 heavy (non-hydrogen) atoms. The lowest BCUT2D eigenvalue weighted by Gasteiger charge is -2.11. The summed E-state index contributed by atoms with van der Waals surface area (Å²) in [5.74, 6) is -1.53. The van der Waals surface area contributed by atoms with Crippen LogP contribution in [0.15, 0.2) is 24.3 Å². The summed E-state index contributed by atoms with van der Waals surface area (Å²) in [5.41, 5.74) is 0.420. The Morgan fingerprint density at radius 2 is 1.91 bits per heavy atom. The van der Waals surface area contributed by atoms with Gasteiger partial charge in [0.15, 0.2) is 9.84 Å². The van der Waals surface area contributed by atoms with Gasteiger partial charge in [-0.1, -0.05) is 12.1 Å². The Balaban J connectivity index is 2.57. The molecule has 1 N–H and O–H groups in total. The Morgan fingerprint density at radius 1 is 1.22 bits per heavy atom. The topological polar surface area (TPSA) is 98.8 Å². The SMILES string of the molecule is CCOc1ccccc1NC(=O)CS(=O)(=O)CCCC(=O)OC. The van der Waals surface area contributed by atoms with E-state index in [0.717, 1.165) is 0 Å². The summed E-state index contributed by atoms with van der Waals surface area (Å²) < 4.78 is 33.5. The van der Waals surface area contributed by atoms with Crippen LogP contribution in [0.3, 0.4) is 0 Å². The van der Waals surface area contributed by atoms with E-state index in [1.54, 1.807) is 24.3 Å². The maximum Gasteiger partial charge on any atom is 0.305 e. The van der Waals surface area contributed by atoms with Crippen LogP contribution < -0.4 is 10.1 Å². The monoisotopic (exact) mass is 343 g/mol. The Bertz CT molecular complexity index is 641. The van der Waals surface area contributed by atoms with Crippen LogP contribution in [0.4, 0.5) is 5.69 Å². The zero-order chi connectivity index (χ0) is 17.3. The van der Waals surface area contributed by atoms with Crippen molar-refractivity contribution in [3.05, 3.63) is 24.3 Å². The first-order chi connectivity index (χ1) is 10.9. The van der Waals surface area contributed by atoms with Crippen LogP contribution >= 0.6 is 0 Å². The summed E-state index contributed by atoms with van der Waals surface area (Å²) >= 11 is 0. The zero-order valence-electron chi connectivity index (χ0n) is 13.2. The molecule has 1 rings (SSSR count). The minimum Gasteiger partial charge on any atom is -0.492 e. The maximum atomic E-state index is 11.9. The molecule has 0 saturated carbocycles. The number of hydrogen-bond acceptors (Lipinski definition) is 6. The van der Waals surface area contributed by atoms with E-state index >= 15 is 0 Å². The van der Waals surface area contributed by atoms with Crippen LogP contribution in [0, 0.1) is 0 Å². The van der Waals surface area contributed by atoms with E-state index in [4.69, 9.17) is 4.74 Å². The van der Waals surface area contributed by atoms with Gasteiger partial charge in [0.1, 0.15) is 11.5 Å². The minimum atomic E-state index is -3.59. The van der Waals surface area contributed by atoms with Crippen molar-refractivity contribution in [1.29, 1.82) is 0 Å². The second-order valence-electron chi connectivity index (χ2n) is 4.75. The molecule has 0 aliphatic heterocycles. The fourth-order valence-electron chi connectivity index (χ4n) is 1.85. The molecule has 0 aliphatic carbocycles. The summed E-state index contributed by atoms with van der Waals surface area (Å²) in [6, 6.07) is 6.78. The molecule has 0 fully saturated rings. The molecule has 0 aliphatic rings. The van der Waals surface area contributed by atoms with E-state index < -0.39 is 27.5 Å². The summed E-state index contributed by atoms with van der Waals surface area (Å²) in [4.78, 5) is 22.9. The number of benzene rings is 1. The lowest BCUT2D eigenvalue weighted by Crippen LogP contribution is -2.25. The van der Waals surface area contributed by atoms with E-state index in [0.29, 0.717) is 18.0 Å². The highest BCUT2D eigenvalue weighted by Gasteiger charge is 2.18. The largest absolute Gasteiger partial charge is 0.492 e. The van der Waals surface area contributed by atoms with Gasteiger partial charge in [-0.3, -0.25) is 9.59 Å². The van der Waals surface area contributed by atoms with Crippen molar-refractivity contribution < 1.29 is 27.5 Å². The van der Waals surface area contributed by atoms with Gasteiger partial charge in [-0.05, 0) is 25.5 Å². The van der Waals surface area contributed by atoms with E-state index in [2.05, 4.69) is 10.1 Å². The number of hydrogen-bond donors (Lipinski definition) is 1. The highest BCUT2D eigenvalue weighted by molar-refractivity contribution is 7.92. The molecule has 1 amide bonds. The molecule has 0 radical (unpaired) electrons. The van der Waals surface area contributed by atoms with Crippen molar-refractivity contribution in [2.24, 2.45) is 0 Å². The van der Waals surface area contributed by atoms with Gasteiger partial charge in [0.25, 0.3) is 0 Å². The van der Waals surface area contributed by atoms with Gasteiger partial charge in [0.05, 0.1) is 25.2 Å². The van der Waals surface area contributed by atoms with Crippen molar-refractivity contribution in [1.82, 2.24) is 0 Å². The van der Waals surface area contributed by atoms with E-state index in [9.17, 15) is 18.0 Å². The van der Waals surface area contributed by atoms with Crippen molar-refractivity contribution in [3.8, 4) is 5.75 Å². The Labute approximate surface area is 135 Å². The van der Waals surface area contributed by atoms with Crippen molar-refractivity contribution in [3.63, 3.8) is 0 Å². The number of nitrogens with one attached hydrogen (secondary N) is 1. The highest BCUT2D eigenvalue weighted by Crippen LogP contribution is 2.23. The molecular weight excluding hydrogens is 322 g/mol. The molecule has 0 bridgehead atoms. The summed E-state index contributed by atoms with van der Waals surface area (Å²) in [5, 5.41) is 2.53. The predicted molar refractivity (Wildman–Crippen MR) is 86.1 cm³/mol. The number of carbonyl (C=O) groups excluding carboxylic acids is 2.